The van der Waals surface area contributed by atoms with Crippen LogP contribution in [0.1, 0.15) is 45.4 Å². The maximum absolute atomic E-state index is 12.4. The highest BCUT2D eigenvalue weighted by molar-refractivity contribution is 5.86. The van der Waals surface area contributed by atoms with Crippen LogP contribution in [-0.2, 0) is 0 Å². The zero-order valence-electron chi connectivity index (χ0n) is 11.3. The number of nitrogens with one attached hydrogen (secondary N) is 1. The maximum Gasteiger partial charge on any atom is 0.414 e. The molecule has 2 aliphatic rings. The first-order chi connectivity index (χ1) is 8.89. The molecule has 0 bridgehead atoms. The van der Waals surface area contributed by atoms with Gasteiger partial charge in [-0.3, -0.25) is 4.99 Å². The molecule has 1 saturated heterocycles. The standard InChI is InChI=1S/C14H21F3N2/c1-13(9-18-10-13)7-3-2-4-12-6-5-11(8-19-12)14(15,16)17/h8,18H,2-7,9-10H2,1H3. The van der Waals surface area contributed by atoms with Crippen molar-refractivity contribution in [3.05, 3.63) is 11.8 Å². The molecule has 0 unspecified atom stereocenters. The van der Waals surface area contributed by atoms with Crippen LogP contribution in [0.2, 0.25) is 0 Å². The lowest BCUT2D eigenvalue weighted by molar-refractivity contribution is -0.0941. The average molecular weight is 274 g/mol. The molecule has 2 heterocycles. The molecule has 0 amide bonds. The molecule has 1 fully saturated rings. The van der Waals surface area contributed by atoms with Crippen LogP contribution in [0.5, 0.6) is 0 Å². The first-order valence-electron chi connectivity index (χ1n) is 6.92. The van der Waals surface area contributed by atoms with Crippen molar-refractivity contribution in [2.75, 3.05) is 13.1 Å². The molecule has 0 saturated carbocycles. The highest BCUT2D eigenvalue weighted by atomic mass is 19.4. The van der Waals surface area contributed by atoms with E-state index in [4.69, 9.17) is 0 Å². The van der Waals surface area contributed by atoms with Gasteiger partial charge in [0, 0.05) is 25.0 Å². The lowest BCUT2D eigenvalue weighted by atomic mass is 9.79. The molecule has 108 valence electrons. The summed E-state index contributed by atoms with van der Waals surface area (Å²) in [6, 6.07) is 0. The lowest BCUT2D eigenvalue weighted by Crippen LogP contribution is -2.51. The summed E-state index contributed by atoms with van der Waals surface area (Å²) in [6.45, 7) is 4.46. The number of hydrogen-bond donors (Lipinski definition) is 1. The van der Waals surface area contributed by atoms with Gasteiger partial charge in [-0.1, -0.05) is 13.3 Å². The van der Waals surface area contributed by atoms with Gasteiger partial charge in [-0.2, -0.15) is 13.2 Å². The molecule has 0 aliphatic carbocycles. The summed E-state index contributed by atoms with van der Waals surface area (Å²) in [5, 5.41) is 3.27. The van der Waals surface area contributed by atoms with Crippen molar-refractivity contribution in [2.24, 2.45) is 10.4 Å². The van der Waals surface area contributed by atoms with Gasteiger partial charge >= 0.3 is 6.18 Å². The molecule has 0 aromatic rings. The Morgan fingerprint density at radius 3 is 2.47 bits per heavy atom. The minimum atomic E-state index is -4.21. The monoisotopic (exact) mass is 274 g/mol. The molecule has 19 heavy (non-hydrogen) atoms. The molecule has 5 heteroatoms. The Labute approximate surface area is 112 Å². The van der Waals surface area contributed by atoms with E-state index < -0.39 is 11.7 Å². The Morgan fingerprint density at radius 1 is 1.26 bits per heavy atom. The predicted octanol–water partition coefficient (Wildman–Crippen LogP) is 3.84. The Bertz CT molecular complexity index is 379. The van der Waals surface area contributed by atoms with Crippen molar-refractivity contribution >= 4 is 5.71 Å². The normalized spacial score (nSPS) is 22.5. The molecule has 1 N–H and O–H groups in total. The first kappa shape index (κ1) is 14.6. The number of nitrogens with zero attached hydrogens (tertiary/aromatic N) is 1. The minimum Gasteiger partial charge on any atom is -0.316 e. The Kier molecular flexibility index (Phi) is 4.33. The van der Waals surface area contributed by atoms with E-state index in [-0.39, 0.29) is 6.42 Å². The molecular weight excluding hydrogens is 253 g/mol. The third-order valence-corrected chi connectivity index (χ3v) is 4.05. The van der Waals surface area contributed by atoms with E-state index in [1.807, 2.05) is 0 Å². The quantitative estimate of drug-likeness (QED) is 0.757. The van der Waals surface area contributed by atoms with Gasteiger partial charge in [0.05, 0.1) is 5.57 Å². The van der Waals surface area contributed by atoms with E-state index in [1.54, 1.807) is 0 Å². The lowest BCUT2D eigenvalue weighted by Gasteiger charge is -2.39. The third kappa shape index (κ3) is 4.06. The summed E-state index contributed by atoms with van der Waals surface area (Å²) in [5.41, 5.74) is 0.867. The van der Waals surface area contributed by atoms with Crippen LogP contribution in [0.3, 0.4) is 0 Å². The van der Waals surface area contributed by atoms with Crippen molar-refractivity contribution in [1.29, 1.82) is 0 Å². The molecule has 0 aromatic carbocycles. The highest BCUT2D eigenvalue weighted by Gasteiger charge is 2.34. The summed E-state index contributed by atoms with van der Waals surface area (Å²) < 4.78 is 37.2. The van der Waals surface area contributed by atoms with Gasteiger partial charge in [0.15, 0.2) is 0 Å². The summed E-state index contributed by atoms with van der Waals surface area (Å²) in [7, 11) is 0. The number of halogens is 3. The number of rotatable bonds is 5. The van der Waals surface area contributed by atoms with Gasteiger partial charge in [0.25, 0.3) is 0 Å². The van der Waals surface area contributed by atoms with E-state index in [9.17, 15) is 13.2 Å². The van der Waals surface area contributed by atoms with Crippen LogP contribution in [-0.4, -0.2) is 25.0 Å². The van der Waals surface area contributed by atoms with E-state index in [2.05, 4.69) is 17.2 Å². The van der Waals surface area contributed by atoms with Crippen LogP contribution in [0, 0.1) is 5.41 Å². The Balaban J connectivity index is 1.70. The van der Waals surface area contributed by atoms with Crippen LogP contribution >= 0.6 is 0 Å². The topological polar surface area (TPSA) is 24.4 Å². The van der Waals surface area contributed by atoms with Crippen molar-refractivity contribution in [2.45, 2.75) is 51.6 Å². The molecular formula is C14H21F3N2. The molecule has 0 aromatic heterocycles. The summed E-state index contributed by atoms with van der Waals surface area (Å²) in [6.07, 6.45) is 1.55. The minimum absolute atomic E-state index is 0.0873. The second-order valence-electron chi connectivity index (χ2n) is 5.97. The SMILES string of the molecule is CC1(CCCCC2=NC=C(C(F)(F)F)CC2)CNC1. The largest absolute Gasteiger partial charge is 0.414 e. The number of hydrogen-bond acceptors (Lipinski definition) is 2. The van der Waals surface area contributed by atoms with Crippen molar-refractivity contribution in [3.63, 3.8) is 0 Å². The fourth-order valence-corrected chi connectivity index (χ4v) is 2.59. The van der Waals surface area contributed by atoms with Gasteiger partial charge < -0.3 is 5.32 Å². The van der Waals surface area contributed by atoms with Crippen LogP contribution in [0.15, 0.2) is 16.8 Å². The number of unbranched alkanes of at least 4 members (excludes halogenated alkanes) is 1. The molecule has 2 aliphatic heterocycles. The maximum atomic E-state index is 12.4. The van der Waals surface area contributed by atoms with Gasteiger partial charge in [-0.25, -0.2) is 0 Å². The zero-order valence-corrected chi connectivity index (χ0v) is 11.3. The highest BCUT2D eigenvalue weighted by Crippen LogP contribution is 2.32. The summed E-state index contributed by atoms with van der Waals surface area (Å²) in [5.74, 6) is 0. The van der Waals surface area contributed by atoms with E-state index in [1.165, 1.54) is 6.42 Å². The van der Waals surface area contributed by atoms with Gasteiger partial charge in [0.1, 0.15) is 0 Å². The van der Waals surface area contributed by atoms with E-state index in [0.29, 0.717) is 11.8 Å². The van der Waals surface area contributed by atoms with Crippen LogP contribution in [0.25, 0.3) is 0 Å². The number of aliphatic imine (C=N–C) groups is 1. The fraction of sp³-hybridized carbons (Fsp3) is 0.786. The smallest absolute Gasteiger partial charge is 0.316 e. The van der Waals surface area contributed by atoms with Gasteiger partial charge in [-0.15, -0.1) is 0 Å². The Morgan fingerprint density at radius 2 is 2.00 bits per heavy atom. The molecule has 2 nitrogen and oxygen atoms in total. The predicted molar refractivity (Wildman–Crippen MR) is 70.3 cm³/mol. The van der Waals surface area contributed by atoms with Crippen molar-refractivity contribution in [1.82, 2.24) is 5.32 Å². The molecule has 0 radical (unpaired) electrons. The van der Waals surface area contributed by atoms with Gasteiger partial charge in [0.2, 0.25) is 0 Å². The van der Waals surface area contributed by atoms with Crippen LogP contribution in [0.4, 0.5) is 13.2 Å². The third-order valence-electron chi connectivity index (χ3n) is 4.05. The second kappa shape index (κ2) is 5.65. The number of alkyl halides is 3. The van der Waals surface area contributed by atoms with Gasteiger partial charge in [-0.05, 0) is 37.5 Å². The molecule has 0 spiro atoms. The molecule has 0 atom stereocenters. The van der Waals surface area contributed by atoms with Crippen LogP contribution < -0.4 is 5.32 Å². The number of allylic oxidation sites excluding steroid dienone is 1. The van der Waals surface area contributed by atoms with Crippen molar-refractivity contribution in [3.8, 4) is 0 Å². The first-order valence-corrected chi connectivity index (χ1v) is 6.92. The summed E-state index contributed by atoms with van der Waals surface area (Å²) >= 11 is 0. The average Bonchev–Trinajstić information content (AvgIpc) is 2.32. The van der Waals surface area contributed by atoms with Crippen molar-refractivity contribution < 1.29 is 13.2 Å². The second-order valence-corrected chi connectivity index (χ2v) is 5.97. The summed E-state index contributed by atoms with van der Waals surface area (Å²) in [4.78, 5) is 3.97. The Hall–Kier alpha value is -0.840. The van der Waals surface area contributed by atoms with E-state index >= 15 is 0 Å². The molecule has 2 rings (SSSR count). The van der Waals surface area contributed by atoms with E-state index in [0.717, 1.165) is 44.3 Å². The fourth-order valence-electron chi connectivity index (χ4n) is 2.59. The zero-order chi connectivity index (χ0) is 13.9.